The molecule has 5 heteroatoms. The van der Waals surface area contributed by atoms with E-state index in [0.717, 1.165) is 66.0 Å². The van der Waals surface area contributed by atoms with Crippen LogP contribution in [0, 0.1) is 13.8 Å². The molecule has 2 aliphatic rings. The number of hydrogen-bond donors (Lipinski definition) is 0. The first-order valence-electron chi connectivity index (χ1n) is 12.0. The highest BCUT2D eigenvalue weighted by Crippen LogP contribution is 2.50. The van der Waals surface area contributed by atoms with E-state index in [1.54, 1.807) is 0 Å². The summed E-state index contributed by atoms with van der Waals surface area (Å²) >= 11 is 0. The number of anilines is 2. The van der Waals surface area contributed by atoms with E-state index in [1.165, 1.54) is 11.1 Å². The molecule has 2 aromatic heterocycles. The van der Waals surface area contributed by atoms with Crippen molar-refractivity contribution >= 4 is 28.2 Å². The Bertz CT molecular complexity index is 1400. The van der Waals surface area contributed by atoms with E-state index in [2.05, 4.69) is 59.0 Å². The van der Waals surface area contributed by atoms with Crippen LogP contribution in [0.25, 0.3) is 10.9 Å². The Hall–Kier alpha value is -3.57. The molecular formula is C29H28N4O. The summed E-state index contributed by atoms with van der Waals surface area (Å²) in [4.78, 5) is 27.7. The van der Waals surface area contributed by atoms with Gasteiger partial charge in [-0.1, -0.05) is 42.5 Å². The molecule has 2 aliphatic heterocycles. The minimum Gasteiger partial charge on any atom is -0.297 e. The highest BCUT2D eigenvalue weighted by atomic mass is 16.2. The molecule has 2 aromatic carbocycles. The molecule has 0 unspecified atom stereocenters. The minimum atomic E-state index is -0.478. The maximum absolute atomic E-state index is 14.1. The number of carbonyl (C=O) groups excluding carboxylic acids is 1. The van der Waals surface area contributed by atoms with E-state index >= 15 is 0 Å². The number of para-hydroxylation sites is 2. The number of nitrogens with zero attached hydrogens (tertiary/aromatic N) is 4. The van der Waals surface area contributed by atoms with Gasteiger partial charge < -0.3 is 0 Å². The Morgan fingerprint density at radius 2 is 1.68 bits per heavy atom. The van der Waals surface area contributed by atoms with Crippen LogP contribution in [-0.2, 0) is 16.8 Å². The van der Waals surface area contributed by atoms with E-state index in [1.807, 2.05) is 47.6 Å². The van der Waals surface area contributed by atoms with Crippen LogP contribution in [-0.4, -0.2) is 33.9 Å². The molecule has 1 saturated heterocycles. The van der Waals surface area contributed by atoms with Gasteiger partial charge in [0, 0.05) is 18.1 Å². The Morgan fingerprint density at radius 1 is 0.912 bits per heavy atom. The molecular weight excluding hydrogens is 420 g/mol. The normalized spacial score (nSPS) is 17.5. The first-order chi connectivity index (χ1) is 16.5. The molecule has 0 radical (unpaired) electrons. The van der Waals surface area contributed by atoms with Gasteiger partial charge in [0.25, 0.3) is 0 Å². The van der Waals surface area contributed by atoms with Gasteiger partial charge in [-0.2, -0.15) is 0 Å². The van der Waals surface area contributed by atoms with Crippen molar-refractivity contribution in [2.75, 3.05) is 18.0 Å². The molecule has 34 heavy (non-hydrogen) atoms. The SMILES string of the molecule is Cc1cnc(CN2CCC3(CC2)C(=O)N(c2cnc4ccccc4c2)c2ccccc23)c(C)c1. The zero-order valence-corrected chi connectivity index (χ0v) is 19.7. The van der Waals surface area contributed by atoms with Crippen molar-refractivity contribution in [1.82, 2.24) is 14.9 Å². The van der Waals surface area contributed by atoms with Crippen LogP contribution < -0.4 is 4.90 Å². The molecule has 4 aromatic rings. The van der Waals surface area contributed by atoms with E-state index in [4.69, 9.17) is 0 Å². The Morgan fingerprint density at radius 3 is 2.50 bits per heavy atom. The summed E-state index contributed by atoms with van der Waals surface area (Å²) in [7, 11) is 0. The highest BCUT2D eigenvalue weighted by Gasteiger charge is 2.52. The zero-order valence-electron chi connectivity index (χ0n) is 19.7. The first-order valence-corrected chi connectivity index (χ1v) is 12.0. The van der Waals surface area contributed by atoms with E-state index in [9.17, 15) is 4.79 Å². The smallest absolute Gasteiger partial charge is 0.242 e. The molecule has 170 valence electrons. The van der Waals surface area contributed by atoms with Crippen LogP contribution in [0.3, 0.4) is 0 Å². The largest absolute Gasteiger partial charge is 0.297 e. The van der Waals surface area contributed by atoms with Crippen molar-refractivity contribution in [2.45, 2.75) is 38.6 Å². The minimum absolute atomic E-state index is 0.176. The maximum Gasteiger partial charge on any atom is 0.242 e. The number of likely N-dealkylation sites (tertiary alicyclic amines) is 1. The number of fused-ring (bicyclic) bond motifs is 3. The van der Waals surface area contributed by atoms with Crippen molar-refractivity contribution < 1.29 is 4.79 Å². The van der Waals surface area contributed by atoms with E-state index < -0.39 is 5.41 Å². The van der Waals surface area contributed by atoms with Gasteiger partial charge >= 0.3 is 0 Å². The average Bonchev–Trinajstić information content (AvgIpc) is 3.09. The van der Waals surface area contributed by atoms with Gasteiger partial charge in [-0.15, -0.1) is 0 Å². The van der Waals surface area contributed by atoms with Crippen molar-refractivity contribution in [1.29, 1.82) is 0 Å². The van der Waals surface area contributed by atoms with Gasteiger partial charge in [0.05, 0.1) is 34.2 Å². The Kier molecular flexibility index (Phi) is 4.96. The fourth-order valence-corrected chi connectivity index (χ4v) is 5.65. The quantitative estimate of drug-likeness (QED) is 0.418. The first kappa shape index (κ1) is 21.0. The summed E-state index contributed by atoms with van der Waals surface area (Å²) in [6.07, 6.45) is 5.40. The summed E-state index contributed by atoms with van der Waals surface area (Å²) < 4.78 is 0. The molecule has 0 aliphatic carbocycles. The predicted molar refractivity (Wildman–Crippen MR) is 135 cm³/mol. The van der Waals surface area contributed by atoms with E-state index in [-0.39, 0.29) is 5.91 Å². The van der Waals surface area contributed by atoms with Crippen molar-refractivity contribution in [3.05, 3.63) is 95.4 Å². The van der Waals surface area contributed by atoms with Crippen LogP contribution >= 0.6 is 0 Å². The zero-order chi connectivity index (χ0) is 23.3. The number of benzene rings is 2. The standard InChI is InChI=1S/C29H28N4O/c1-20-15-21(2)26(30-17-20)19-32-13-11-29(12-14-32)24-8-4-6-10-27(24)33(28(29)34)23-16-22-7-3-5-9-25(22)31-18-23/h3-10,15-18H,11-14,19H2,1-2H3. The lowest BCUT2D eigenvalue weighted by Gasteiger charge is -2.38. The molecule has 0 saturated carbocycles. The number of aryl methyl sites for hydroxylation is 2. The van der Waals surface area contributed by atoms with Crippen molar-refractivity contribution in [3.63, 3.8) is 0 Å². The van der Waals surface area contributed by atoms with Gasteiger partial charge in [-0.3, -0.25) is 24.6 Å². The molecule has 0 bridgehead atoms. The summed E-state index contributed by atoms with van der Waals surface area (Å²) in [6.45, 7) is 6.79. The highest BCUT2D eigenvalue weighted by molar-refractivity contribution is 6.13. The summed E-state index contributed by atoms with van der Waals surface area (Å²) in [6, 6.07) is 20.6. The third-order valence-electron chi connectivity index (χ3n) is 7.51. The molecule has 0 atom stereocenters. The van der Waals surface area contributed by atoms with Crippen LogP contribution in [0.2, 0.25) is 0 Å². The number of piperidine rings is 1. The molecule has 5 nitrogen and oxygen atoms in total. The summed E-state index contributed by atoms with van der Waals surface area (Å²) in [5.74, 6) is 0.176. The fourth-order valence-electron chi connectivity index (χ4n) is 5.65. The van der Waals surface area contributed by atoms with E-state index in [0.29, 0.717) is 0 Å². The van der Waals surface area contributed by atoms with Crippen LogP contribution in [0.15, 0.2) is 73.1 Å². The Labute approximate surface area is 200 Å². The lowest BCUT2D eigenvalue weighted by molar-refractivity contribution is -0.124. The molecule has 1 fully saturated rings. The van der Waals surface area contributed by atoms with Crippen molar-refractivity contribution in [3.8, 4) is 0 Å². The third kappa shape index (κ3) is 3.31. The monoisotopic (exact) mass is 448 g/mol. The molecule has 4 heterocycles. The lowest BCUT2D eigenvalue weighted by atomic mass is 9.73. The number of amides is 1. The number of rotatable bonds is 3. The van der Waals surface area contributed by atoms with Gasteiger partial charge in [0.1, 0.15) is 0 Å². The molecule has 6 rings (SSSR count). The van der Waals surface area contributed by atoms with Crippen molar-refractivity contribution in [2.24, 2.45) is 0 Å². The third-order valence-corrected chi connectivity index (χ3v) is 7.51. The molecule has 0 N–H and O–H groups in total. The second kappa shape index (κ2) is 8.03. The summed E-state index contributed by atoms with van der Waals surface area (Å²) in [5, 5.41) is 1.04. The van der Waals surface area contributed by atoms with Gasteiger partial charge in [-0.25, -0.2) is 0 Å². The predicted octanol–water partition coefficient (Wildman–Crippen LogP) is 5.46. The Balaban J connectivity index is 1.30. The molecule has 1 amide bonds. The van der Waals surface area contributed by atoms with Gasteiger partial charge in [-0.05, 0) is 74.7 Å². The van der Waals surface area contributed by atoms with Crippen LogP contribution in [0.5, 0.6) is 0 Å². The van der Waals surface area contributed by atoms with Crippen LogP contribution in [0.4, 0.5) is 11.4 Å². The second-order valence-corrected chi connectivity index (χ2v) is 9.68. The summed E-state index contributed by atoms with van der Waals surface area (Å²) in [5.41, 5.74) is 7.00. The van der Waals surface area contributed by atoms with Crippen LogP contribution in [0.1, 0.15) is 35.2 Å². The number of aromatic nitrogens is 2. The number of carbonyl (C=O) groups is 1. The topological polar surface area (TPSA) is 49.3 Å². The second-order valence-electron chi connectivity index (χ2n) is 9.68. The molecule has 1 spiro atoms. The van der Waals surface area contributed by atoms with Gasteiger partial charge in [0.2, 0.25) is 5.91 Å². The maximum atomic E-state index is 14.1. The average molecular weight is 449 g/mol. The number of pyridine rings is 2. The lowest BCUT2D eigenvalue weighted by Crippen LogP contribution is -2.47. The van der Waals surface area contributed by atoms with Gasteiger partial charge in [0.15, 0.2) is 0 Å². The fraction of sp³-hybridized carbons (Fsp3) is 0.276. The number of hydrogen-bond acceptors (Lipinski definition) is 4.